The van der Waals surface area contributed by atoms with E-state index >= 15 is 0 Å². The van der Waals surface area contributed by atoms with Crippen molar-refractivity contribution in [2.45, 2.75) is 19.3 Å². The van der Waals surface area contributed by atoms with E-state index in [-0.39, 0.29) is 5.41 Å². The molecule has 0 aromatic heterocycles. The molecule has 0 saturated heterocycles. The lowest BCUT2D eigenvalue weighted by Crippen LogP contribution is -2.25. The molecule has 1 heterocycles. The van der Waals surface area contributed by atoms with Crippen molar-refractivity contribution in [2.24, 2.45) is 27.5 Å². The third-order valence-corrected chi connectivity index (χ3v) is 5.21. The molecule has 3 aliphatic rings. The van der Waals surface area contributed by atoms with Gasteiger partial charge in [0, 0.05) is 39.7 Å². The van der Waals surface area contributed by atoms with Crippen molar-refractivity contribution in [2.75, 3.05) is 0 Å². The number of hydrogen-bond acceptors (Lipinski definition) is 3. The fourth-order valence-corrected chi connectivity index (χ4v) is 4.20. The Morgan fingerprint density at radius 1 is 1.16 bits per heavy atom. The van der Waals surface area contributed by atoms with Gasteiger partial charge in [0.15, 0.2) is 5.78 Å². The Morgan fingerprint density at radius 3 is 2.53 bits per heavy atom. The molecule has 1 aromatic rings. The third kappa shape index (κ3) is 1.59. The predicted octanol–water partition coefficient (Wildman–Crippen LogP) is 3.27. The summed E-state index contributed by atoms with van der Waals surface area (Å²) in [7, 11) is 0. The molecule has 0 radical (unpaired) electrons. The lowest BCUT2D eigenvalue weighted by atomic mass is 9.81. The van der Waals surface area contributed by atoms with Crippen LogP contribution in [0.4, 0.5) is 0 Å². The Morgan fingerprint density at radius 2 is 1.84 bits per heavy atom. The number of benzene rings is 1. The number of hydrogen-bond donors (Lipinski definition) is 0. The van der Waals surface area contributed by atoms with Gasteiger partial charge in [-0.25, -0.2) is 0 Å². The van der Waals surface area contributed by atoms with Crippen LogP contribution in [0.5, 0.6) is 0 Å². The molecular formula is C15H13BrN2O. The molecule has 2 aliphatic carbocycles. The second-order valence-corrected chi connectivity index (χ2v) is 6.77. The molecule has 0 amide bonds. The van der Waals surface area contributed by atoms with Crippen LogP contribution in [-0.4, -0.2) is 18.2 Å². The minimum Gasteiger partial charge on any atom is -0.294 e. The average molecular weight is 317 g/mol. The van der Waals surface area contributed by atoms with Crippen LogP contribution < -0.4 is 0 Å². The van der Waals surface area contributed by atoms with Crippen LogP contribution >= 0.6 is 15.9 Å². The molecular weight excluding hydrogens is 304 g/mol. The fraction of sp³-hybridized carbons (Fsp3) is 0.400. The first-order valence-corrected chi connectivity index (χ1v) is 7.37. The molecule has 2 unspecified atom stereocenters. The zero-order valence-corrected chi connectivity index (χ0v) is 11.9. The van der Waals surface area contributed by atoms with E-state index in [0.29, 0.717) is 17.6 Å². The summed E-state index contributed by atoms with van der Waals surface area (Å²) in [5.41, 5.74) is 1.89. The predicted molar refractivity (Wildman–Crippen MR) is 77.8 cm³/mol. The molecule has 4 heteroatoms. The second kappa shape index (κ2) is 3.85. The van der Waals surface area contributed by atoms with Crippen molar-refractivity contribution in [3.63, 3.8) is 0 Å². The summed E-state index contributed by atoms with van der Waals surface area (Å²) in [4.78, 5) is 12.8. The topological polar surface area (TPSA) is 41.8 Å². The standard InChI is InChI=1S/C15H13BrN2O/c16-12-2-1-9-4-15(14(19)13(9)3-12)5-10-7-17-18-8-11(10)6-15/h1-3,7-8,10-11H,4-6H2. The van der Waals surface area contributed by atoms with Gasteiger partial charge in [-0.05, 0) is 37.0 Å². The molecule has 3 nitrogen and oxygen atoms in total. The molecule has 19 heavy (non-hydrogen) atoms. The SMILES string of the molecule is O=C1c2cc(Br)ccc2CC12CC1C=NN=CC1C2. The minimum absolute atomic E-state index is 0.208. The highest BCUT2D eigenvalue weighted by Gasteiger charge is 2.53. The summed E-state index contributed by atoms with van der Waals surface area (Å²) in [5, 5.41) is 7.98. The van der Waals surface area contributed by atoms with Gasteiger partial charge in [-0.2, -0.15) is 10.2 Å². The van der Waals surface area contributed by atoms with Gasteiger partial charge in [0.25, 0.3) is 0 Å². The molecule has 1 fully saturated rings. The van der Waals surface area contributed by atoms with Gasteiger partial charge in [-0.3, -0.25) is 4.79 Å². The van der Waals surface area contributed by atoms with Crippen LogP contribution in [0.15, 0.2) is 32.9 Å². The molecule has 2 atom stereocenters. The smallest absolute Gasteiger partial charge is 0.169 e. The number of fused-ring (bicyclic) bond motifs is 2. The summed E-state index contributed by atoms with van der Waals surface area (Å²) in [6.45, 7) is 0. The Balaban J connectivity index is 1.74. The number of halogens is 1. The molecule has 0 N–H and O–H groups in total. The zero-order chi connectivity index (χ0) is 13.0. The first-order valence-electron chi connectivity index (χ1n) is 6.58. The molecule has 1 saturated carbocycles. The monoisotopic (exact) mass is 316 g/mol. The highest BCUT2D eigenvalue weighted by atomic mass is 79.9. The van der Waals surface area contributed by atoms with Crippen molar-refractivity contribution in [3.8, 4) is 0 Å². The number of nitrogens with zero attached hydrogens (tertiary/aromatic N) is 2. The van der Waals surface area contributed by atoms with Crippen LogP contribution in [0, 0.1) is 17.3 Å². The van der Waals surface area contributed by atoms with E-state index < -0.39 is 0 Å². The third-order valence-electron chi connectivity index (χ3n) is 4.71. The Kier molecular flexibility index (Phi) is 2.34. The van der Waals surface area contributed by atoms with Crippen LogP contribution in [0.3, 0.4) is 0 Å². The summed E-state index contributed by atoms with van der Waals surface area (Å²) >= 11 is 3.46. The Hall–Kier alpha value is -1.29. The highest BCUT2D eigenvalue weighted by molar-refractivity contribution is 9.10. The fourth-order valence-electron chi connectivity index (χ4n) is 3.84. The van der Waals surface area contributed by atoms with E-state index in [0.717, 1.165) is 29.3 Å². The molecule has 1 aromatic carbocycles. The van der Waals surface area contributed by atoms with Gasteiger partial charge < -0.3 is 0 Å². The van der Waals surface area contributed by atoms with Crippen molar-refractivity contribution < 1.29 is 4.79 Å². The second-order valence-electron chi connectivity index (χ2n) is 5.85. The highest BCUT2D eigenvalue weighted by Crippen LogP contribution is 2.53. The van der Waals surface area contributed by atoms with Crippen molar-refractivity contribution in [3.05, 3.63) is 33.8 Å². The van der Waals surface area contributed by atoms with E-state index in [2.05, 4.69) is 32.2 Å². The molecule has 1 spiro atoms. The van der Waals surface area contributed by atoms with Crippen LogP contribution in [0.2, 0.25) is 0 Å². The number of rotatable bonds is 0. The van der Waals surface area contributed by atoms with Crippen molar-refractivity contribution in [1.29, 1.82) is 0 Å². The normalized spacial score (nSPS) is 34.9. The number of carbonyl (C=O) groups is 1. The van der Waals surface area contributed by atoms with E-state index in [1.54, 1.807) is 0 Å². The van der Waals surface area contributed by atoms with Gasteiger partial charge >= 0.3 is 0 Å². The quantitative estimate of drug-likeness (QED) is 0.724. The summed E-state index contributed by atoms with van der Waals surface area (Å²) in [6.07, 6.45) is 6.55. The van der Waals surface area contributed by atoms with E-state index in [1.165, 1.54) is 5.56 Å². The van der Waals surface area contributed by atoms with Gasteiger partial charge in [0.2, 0.25) is 0 Å². The largest absolute Gasteiger partial charge is 0.294 e. The van der Waals surface area contributed by atoms with Crippen molar-refractivity contribution >= 4 is 34.1 Å². The summed E-state index contributed by atoms with van der Waals surface area (Å²) < 4.78 is 0.982. The number of ketones is 1. The molecule has 0 bridgehead atoms. The average Bonchev–Trinajstić information content (AvgIpc) is 2.90. The maximum absolute atomic E-state index is 12.8. The lowest BCUT2D eigenvalue weighted by molar-refractivity contribution is 0.0822. The first kappa shape index (κ1) is 11.5. The number of Topliss-reactive ketones (excluding diaryl/α,β-unsaturated/α-hetero) is 1. The number of carbonyl (C=O) groups excluding carboxylic acids is 1. The molecule has 1 aliphatic heterocycles. The summed E-state index contributed by atoms with van der Waals surface area (Å²) in [6, 6.07) is 6.07. The zero-order valence-electron chi connectivity index (χ0n) is 10.3. The van der Waals surface area contributed by atoms with Crippen molar-refractivity contribution in [1.82, 2.24) is 0 Å². The molecule has 96 valence electrons. The van der Waals surface area contributed by atoms with Crippen LogP contribution in [0.25, 0.3) is 0 Å². The summed E-state index contributed by atoms with van der Waals surface area (Å²) in [5.74, 6) is 1.10. The van der Waals surface area contributed by atoms with Crippen LogP contribution in [0.1, 0.15) is 28.8 Å². The maximum atomic E-state index is 12.8. The van der Waals surface area contributed by atoms with Gasteiger partial charge in [0.1, 0.15) is 0 Å². The molecule has 4 rings (SSSR count). The van der Waals surface area contributed by atoms with E-state index in [9.17, 15) is 4.79 Å². The minimum atomic E-state index is -0.208. The van der Waals surface area contributed by atoms with Gasteiger partial charge in [-0.1, -0.05) is 22.0 Å². The first-order chi connectivity index (χ1) is 9.18. The van der Waals surface area contributed by atoms with Gasteiger partial charge in [0.05, 0.1) is 0 Å². The Labute approximate surface area is 119 Å². The van der Waals surface area contributed by atoms with Gasteiger partial charge in [-0.15, -0.1) is 0 Å². The lowest BCUT2D eigenvalue weighted by Gasteiger charge is -2.20. The maximum Gasteiger partial charge on any atom is 0.169 e. The Bertz CT molecular complexity index is 615. The van der Waals surface area contributed by atoms with E-state index in [1.807, 2.05) is 24.6 Å². The van der Waals surface area contributed by atoms with E-state index in [4.69, 9.17) is 0 Å². The van der Waals surface area contributed by atoms with Crippen LogP contribution in [-0.2, 0) is 6.42 Å².